The van der Waals surface area contributed by atoms with E-state index in [1.165, 1.54) is 20.8 Å². The van der Waals surface area contributed by atoms with Crippen molar-refractivity contribution in [3.8, 4) is 0 Å². The molecule has 3 unspecified atom stereocenters. The molecule has 288 valence electrons. The van der Waals surface area contributed by atoms with Gasteiger partial charge >= 0.3 is 23.5 Å². The minimum absolute atomic E-state index is 0.0310. The Bertz CT molecular complexity index is 1710. The summed E-state index contributed by atoms with van der Waals surface area (Å²) in [5.74, 6) is -1.08. The number of rotatable bonds is 19. The minimum Gasteiger partial charge on any atom is -0.386 e. The molecule has 2 amide bonds. The summed E-state index contributed by atoms with van der Waals surface area (Å²) in [7, 11) is -16.4. The first kappa shape index (κ1) is 43.0. The smallest absolute Gasteiger partial charge is 0.386 e. The predicted molar refractivity (Wildman–Crippen MR) is 173 cm³/mol. The van der Waals surface area contributed by atoms with Crippen LogP contribution in [0.15, 0.2) is 12.7 Å². The summed E-state index contributed by atoms with van der Waals surface area (Å²) < 4.78 is 61.8. The topological polar surface area (TPSA) is 364 Å². The molecule has 1 fully saturated rings. The number of hydrogen-bond donors (Lipinski definition) is 9. The molecule has 24 nitrogen and oxygen atoms in total. The van der Waals surface area contributed by atoms with Crippen LogP contribution in [0, 0.1) is 5.41 Å². The molecule has 3 heterocycles. The predicted octanol–water partition coefficient (Wildman–Crippen LogP) is -1.32. The molecule has 51 heavy (non-hydrogen) atoms. The lowest BCUT2D eigenvalue weighted by molar-refractivity contribution is -0.137. The molecule has 0 aliphatic carbocycles. The second-order valence-electron chi connectivity index (χ2n) is 11.4. The second kappa shape index (κ2) is 17.6. The molecule has 0 bridgehead atoms. The molecule has 1 aliphatic rings. The maximum atomic E-state index is 12.6. The van der Waals surface area contributed by atoms with E-state index < -0.39 is 84.6 Å². The molecule has 2 aromatic heterocycles. The van der Waals surface area contributed by atoms with Crippen molar-refractivity contribution >= 4 is 69.1 Å². The Morgan fingerprint density at radius 1 is 1.08 bits per heavy atom. The van der Waals surface area contributed by atoms with Gasteiger partial charge in [0.15, 0.2) is 22.8 Å². The number of thioether (sulfide) groups is 1. The standard InChI is InChI=1S/C23H38N7O17P3S/c1-12(31)51-7-6-25-14(32)4-5-26-21(35)18(34)23(2,3)9-44-50(41,42)47-49(39,40)43-8-13-17(46-48(36,37)38)16(33)22(45-13)30-11-29-15-19(24)27-10-28-20(15)30/h10-11,13,16-18,22,33-34H,4-9H2,1-3H3,(H,25,32)(H,26,35)(H,39,40)(H,41,42)(H2,24,27,28)(H2,36,37,38)/t13?,16-,17-,18+,22-/m1/s1. The van der Waals surface area contributed by atoms with Crippen LogP contribution in [-0.4, -0.2) is 123 Å². The average molecular weight is 810 g/mol. The Hall–Kier alpha value is -2.44. The normalized spacial score (nSPS) is 22.6. The fraction of sp³-hybridized carbons (Fsp3) is 0.652. The number of amides is 2. The van der Waals surface area contributed by atoms with E-state index in [4.69, 9.17) is 19.5 Å². The third kappa shape index (κ3) is 12.9. The van der Waals surface area contributed by atoms with Gasteiger partial charge in [0.1, 0.15) is 36.3 Å². The number of aromatic nitrogens is 4. The quantitative estimate of drug-likeness (QED) is 0.0587. The fourth-order valence-corrected chi connectivity index (χ4v) is 7.65. The SMILES string of the molecule is CC(=O)SCCNC(=O)CCNC(=O)[C@H](O)C(C)(C)COP(=O)(O)OP(=O)(O)OCC1O[C@@H](n2cnc3c(N)ncnc32)[C@H](O)[C@@H]1OP(=O)(O)O. The maximum Gasteiger partial charge on any atom is 0.481 e. The zero-order chi connectivity index (χ0) is 38.4. The number of nitrogens with two attached hydrogens (primary N) is 1. The first-order valence-electron chi connectivity index (χ1n) is 14.5. The monoisotopic (exact) mass is 809 g/mol. The summed E-state index contributed by atoms with van der Waals surface area (Å²) in [4.78, 5) is 85.9. The van der Waals surface area contributed by atoms with Crippen LogP contribution in [0.4, 0.5) is 5.82 Å². The van der Waals surface area contributed by atoms with Crippen molar-refractivity contribution in [1.82, 2.24) is 30.2 Å². The second-order valence-corrected chi connectivity index (χ2v) is 16.9. The Balaban J connectivity index is 1.55. The fourth-order valence-electron chi connectivity index (χ4n) is 4.32. The van der Waals surface area contributed by atoms with Crippen molar-refractivity contribution in [2.75, 3.05) is 37.8 Å². The van der Waals surface area contributed by atoms with Gasteiger partial charge in [-0.1, -0.05) is 25.6 Å². The van der Waals surface area contributed by atoms with E-state index in [2.05, 4.69) is 34.4 Å². The number of ether oxygens (including phenoxy) is 1. The van der Waals surface area contributed by atoms with E-state index in [0.29, 0.717) is 5.75 Å². The van der Waals surface area contributed by atoms with Crippen molar-refractivity contribution in [2.45, 2.75) is 57.8 Å². The van der Waals surface area contributed by atoms with Crippen molar-refractivity contribution in [3.05, 3.63) is 12.7 Å². The number of phosphoric acid groups is 3. The summed E-state index contributed by atoms with van der Waals surface area (Å²) in [6.45, 7) is 1.90. The van der Waals surface area contributed by atoms with Crippen molar-refractivity contribution < 1.29 is 80.5 Å². The van der Waals surface area contributed by atoms with Crippen LogP contribution in [0.2, 0.25) is 0 Å². The molecular weight excluding hydrogens is 771 g/mol. The molecule has 0 radical (unpaired) electrons. The minimum atomic E-state index is -5.56. The number of nitrogens with zero attached hydrogens (tertiary/aromatic N) is 4. The number of aliphatic hydroxyl groups is 2. The van der Waals surface area contributed by atoms with Gasteiger partial charge in [-0.15, -0.1) is 0 Å². The first-order valence-corrected chi connectivity index (χ1v) is 20.0. The summed E-state index contributed by atoms with van der Waals surface area (Å²) in [5, 5.41) is 26.1. The molecule has 1 saturated heterocycles. The number of anilines is 1. The molecule has 7 atom stereocenters. The lowest BCUT2D eigenvalue weighted by Crippen LogP contribution is -2.46. The Labute approximate surface area is 293 Å². The molecule has 28 heteroatoms. The highest BCUT2D eigenvalue weighted by atomic mass is 32.2. The van der Waals surface area contributed by atoms with E-state index >= 15 is 0 Å². The summed E-state index contributed by atoms with van der Waals surface area (Å²) in [6, 6.07) is 0. The lowest BCUT2D eigenvalue weighted by atomic mass is 9.87. The van der Waals surface area contributed by atoms with E-state index in [1.807, 2.05) is 0 Å². The maximum absolute atomic E-state index is 12.6. The van der Waals surface area contributed by atoms with Gasteiger partial charge in [-0.25, -0.2) is 28.6 Å². The number of aliphatic hydroxyl groups excluding tert-OH is 2. The van der Waals surface area contributed by atoms with Crippen molar-refractivity contribution in [3.63, 3.8) is 0 Å². The summed E-state index contributed by atoms with van der Waals surface area (Å²) in [5.41, 5.74) is 4.26. The van der Waals surface area contributed by atoms with Gasteiger partial charge in [0.05, 0.1) is 19.5 Å². The average Bonchev–Trinajstić information content (AvgIpc) is 3.57. The molecule has 1 aliphatic heterocycles. The number of nitrogens with one attached hydrogen (secondary N) is 2. The third-order valence-electron chi connectivity index (χ3n) is 6.81. The molecule has 10 N–H and O–H groups in total. The number of imidazole rings is 1. The number of phosphoric ester groups is 3. The van der Waals surface area contributed by atoms with Crippen LogP contribution in [0.25, 0.3) is 11.2 Å². The molecule has 0 saturated carbocycles. The van der Waals surface area contributed by atoms with Gasteiger partial charge in [-0.2, -0.15) is 4.31 Å². The van der Waals surface area contributed by atoms with E-state index in [9.17, 15) is 57.9 Å². The number of nitrogen functional groups attached to an aromatic ring is 1. The lowest BCUT2D eigenvalue weighted by Gasteiger charge is -2.30. The van der Waals surface area contributed by atoms with Crippen LogP contribution >= 0.6 is 35.2 Å². The third-order valence-corrected chi connectivity index (χ3v) is 10.7. The number of fused-ring (bicyclic) bond motifs is 1. The van der Waals surface area contributed by atoms with Crippen LogP contribution in [0.5, 0.6) is 0 Å². The Morgan fingerprint density at radius 3 is 2.39 bits per heavy atom. The zero-order valence-electron chi connectivity index (χ0n) is 27.1. The Kier molecular flexibility index (Phi) is 14.8. The largest absolute Gasteiger partial charge is 0.481 e. The van der Waals surface area contributed by atoms with Crippen molar-refractivity contribution in [2.24, 2.45) is 5.41 Å². The Morgan fingerprint density at radius 2 is 1.75 bits per heavy atom. The van der Waals surface area contributed by atoms with Gasteiger partial charge < -0.3 is 50.9 Å². The molecule has 3 rings (SSSR count). The summed E-state index contributed by atoms with van der Waals surface area (Å²) >= 11 is 1.03. The van der Waals surface area contributed by atoms with Gasteiger partial charge in [-0.3, -0.25) is 32.5 Å². The highest BCUT2D eigenvalue weighted by molar-refractivity contribution is 8.13. The van der Waals surface area contributed by atoms with Crippen LogP contribution in [-0.2, 0) is 50.7 Å². The van der Waals surface area contributed by atoms with Crippen LogP contribution in [0.3, 0.4) is 0 Å². The highest BCUT2D eigenvalue weighted by Gasteiger charge is 2.50. The number of carbonyl (C=O) groups excluding carboxylic acids is 3. The van der Waals surface area contributed by atoms with Gasteiger partial charge in [0.2, 0.25) is 11.8 Å². The number of hydrogen-bond acceptors (Lipinski definition) is 18. The van der Waals surface area contributed by atoms with Gasteiger partial charge in [0.25, 0.3) is 0 Å². The molecule has 0 aromatic carbocycles. The van der Waals surface area contributed by atoms with Crippen molar-refractivity contribution in [1.29, 1.82) is 0 Å². The van der Waals surface area contributed by atoms with Gasteiger partial charge in [0, 0.05) is 37.6 Å². The molecule has 0 spiro atoms. The summed E-state index contributed by atoms with van der Waals surface area (Å²) in [6.07, 6.45) is -6.88. The first-order chi connectivity index (χ1) is 23.5. The van der Waals surface area contributed by atoms with E-state index in [0.717, 1.165) is 29.0 Å². The molecule has 2 aromatic rings. The van der Waals surface area contributed by atoms with E-state index in [1.54, 1.807) is 0 Å². The van der Waals surface area contributed by atoms with Crippen LogP contribution < -0.4 is 16.4 Å². The van der Waals surface area contributed by atoms with E-state index in [-0.39, 0.29) is 41.6 Å². The van der Waals surface area contributed by atoms with Crippen LogP contribution in [0.1, 0.15) is 33.4 Å². The highest BCUT2D eigenvalue weighted by Crippen LogP contribution is 2.61. The molecular formula is C23H38N7O17P3S. The zero-order valence-corrected chi connectivity index (χ0v) is 30.6. The number of carbonyl (C=O) groups is 3. The van der Waals surface area contributed by atoms with Gasteiger partial charge in [-0.05, 0) is 0 Å².